The summed E-state index contributed by atoms with van der Waals surface area (Å²) in [5, 5.41) is 9.81. The van der Waals surface area contributed by atoms with Crippen LogP contribution in [0.4, 0.5) is 0 Å². The van der Waals surface area contributed by atoms with Crippen LogP contribution in [0.15, 0.2) is 18.2 Å². The zero-order valence-electron chi connectivity index (χ0n) is 15.7. The Morgan fingerprint density at radius 1 is 1.19 bits per heavy atom. The second kappa shape index (κ2) is 6.65. The second-order valence-electron chi connectivity index (χ2n) is 8.71. The van der Waals surface area contributed by atoms with Crippen molar-refractivity contribution in [1.29, 1.82) is 0 Å². The van der Waals surface area contributed by atoms with Gasteiger partial charge in [0.05, 0.1) is 18.4 Å². The number of phenols is 1. The summed E-state index contributed by atoms with van der Waals surface area (Å²) in [7, 11) is -1.33. The summed E-state index contributed by atoms with van der Waals surface area (Å²) in [4.78, 5) is 37.8. The van der Waals surface area contributed by atoms with Crippen molar-refractivity contribution in [2.24, 2.45) is 11.8 Å². The normalized spacial score (nSPS) is 27.2. The first-order valence-electron chi connectivity index (χ1n) is 9.13. The average Bonchev–Trinajstić information content (AvgIpc) is 2.52. The molecule has 1 aromatic carbocycles. The minimum Gasteiger partial charge on any atom is -0.508 e. The highest BCUT2D eigenvalue weighted by Crippen LogP contribution is 2.55. The molecule has 0 amide bonds. The lowest BCUT2D eigenvalue weighted by molar-refractivity contribution is -0.157. The molecule has 4 unspecified atom stereocenters. The number of aromatic hydroxyl groups is 1. The van der Waals surface area contributed by atoms with Crippen LogP contribution in [0.5, 0.6) is 5.75 Å². The summed E-state index contributed by atoms with van der Waals surface area (Å²) in [6.07, 6.45) is 0.250. The van der Waals surface area contributed by atoms with E-state index in [4.69, 9.17) is 4.74 Å². The van der Waals surface area contributed by atoms with Gasteiger partial charge in [0.25, 0.3) is 0 Å². The Labute approximate surface area is 154 Å². The fraction of sp³-hybridized carbons (Fsp3) is 0.550. The smallest absolute Gasteiger partial charge is 0.310 e. The molecule has 140 valence electrons. The fourth-order valence-electron chi connectivity index (χ4n) is 4.32. The molecule has 1 N–H and O–H groups in total. The molecular formula is C20H26O5Si. The monoisotopic (exact) mass is 374 g/mol. The van der Waals surface area contributed by atoms with Crippen LogP contribution < -0.4 is 0 Å². The molecular weight excluding hydrogens is 348 g/mol. The van der Waals surface area contributed by atoms with Crippen molar-refractivity contribution in [2.45, 2.75) is 50.9 Å². The number of fused-ring (bicyclic) bond motifs is 2. The maximum atomic E-state index is 12.9. The van der Waals surface area contributed by atoms with E-state index in [1.807, 2.05) is 0 Å². The Morgan fingerprint density at radius 3 is 2.50 bits per heavy atom. The zero-order valence-corrected chi connectivity index (χ0v) is 16.7. The van der Waals surface area contributed by atoms with Gasteiger partial charge in [0, 0.05) is 26.3 Å². The van der Waals surface area contributed by atoms with Crippen molar-refractivity contribution in [1.82, 2.24) is 0 Å². The summed E-state index contributed by atoms with van der Waals surface area (Å²) >= 11 is 0. The highest BCUT2D eigenvalue weighted by molar-refractivity contribution is 6.76. The van der Waals surface area contributed by atoms with Gasteiger partial charge in [0.15, 0.2) is 0 Å². The SMILES string of the molecule is CC(=O)C1C2C(=O)CC(c3ccc(O)cc32)C1C(=O)OCC[Si](C)(C)C. The van der Waals surface area contributed by atoms with E-state index >= 15 is 0 Å². The third-order valence-electron chi connectivity index (χ3n) is 5.59. The van der Waals surface area contributed by atoms with Gasteiger partial charge >= 0.3 is 5.97 Å². The first-order chi connectivity index (χ1) is 12.1. The first kappa shape index (κ1) is 18.8. The number of phenolic OH excluding ortho intramolecular Hbond substituents is 1. The molecule has 3 aliphatic rings. The Morgan fingerprint density at radius 2 is 1.88 bits per heavy atom. The van der Waals surface area contributed by atoms with Gasteiger partial charge in [0.1, 0.15) is 17.3 Å². The maximum Gasteiger partial charge on any atom is 0.310 e. The molecule has 0 aliphatic heterocycles. The van der Waals surface area contributed by atoms with E-state index in [9.17, 15) is 19.5 Å². The molecule has 1 saturated carbocycles. The highest BCUT2D eigenvalue weighted by atomic mass is 28.3. The number of rotatable bonds is 5. The van der Waals surface area contributed by atoms with Crippen LogP contribution in [0.3, 0.4) is 0 Å². The molecule has 4 atom stereocenters. The molecule has 6 heteroatoms. The van der Waals surface area contributed by atoms with Gasteiger partial charge in [-0.15, -0.1) is 0 Å². The predicted octanol–water partition coefficient (Wildman–Crippen LogP) is 3.25. The van der Waals surface area contributed by atoms with Crippen molar-refractivity contribution in [3.8, 4) is 5.75 Å². The Balaban J connectivity index is 1.93. The maximum absolute atomic E-state index is 12.9. The molecule has 0 aromatic heterocycles. The van der Waals surface area contributed by atoms with Gasteiger partial charge in [-0.25, -0.2) is 0 Å². The second-order valence-corrected chi connectivity index (χ2v) is 14.3. The lowest BCUT2D eigenvalue weighted by atomic mass is 9.55. The molecule has 0 spiro atoms. The summed E-state index contributed by atoms with van der Waals surface area (Å²) in [6.45, 7) is 8.43. The summed E-state index contributed by atoms with van der Waals surface area (Å²) in [6, 6.07) is 5.77. The number of carbonyl (C=O) groups excluding carboxylic acids is 3. The number of ketones is 2. The van der Waals surface area contributed by atoms with Crippen LogP contribution >= 0.6 is 0 Å². The summed E-state index contributed by atoms with van der Waals surface area (Å²) < 4.78 is 5.55. The molecule has 0 saturated heterocycles. The third kappa shape index (κ3) is 3.34. The molecule has 4 rings (SSSR count). The van der Waals surface area contributed by atoms with Gasteiger partial charge in [-0.3, -0.25) is 14.4 Å². The van der Waals surface area contributed by atoms with Crippen LogP contribution in [0.25, 0.3) is 0 Å². The Bertz CT molecular complexity index is 764. The van der Waals surface area contributed by atoms with E-state index in [1.54, 1.807) is 18.2 Å². The average molecular weight is 375 g/mol. The highest BCUT2D eigenvalue weighted by Gasteiger charge is 2.56. The first-order valence-corrected chi connectivity index (χ1v) is 12.8. The van der Waals surface area contributed by atoms with Crippen LogP contribution in [-0.2, 0) is 19.1 Å². The largest absolute Gasteiger partial charge is 0.508 e. The molecule has 26 heavy (non-hydrogen) atoms. The number of ether oxygens (including phenoxy) is 1. The minimum atomic E-state index is -1.33. The van der Waals surface area contributed by atoms with Gasteiger partial charge in [-0.05, 0) is 36.2 Å². The van der Waals surface area contributed by atoms with Gasteiger partial charge < -0.3 is 9.84 Å². The van der Waals surface area contributed by atoms with Gasteiger partial charge in [0.2, 0.25) is 0 Å². The standard InChI is InChI=1S/C20H26O5Si/c1-11(21)17-18-14-9-12(22)5-6-13(14)15(10-16(18)23)19(17)20(24)25-7-8-26(2,3)4/h5-6,9,15,17-19,22H,7-8,10H2,1-4H3. The topological polar surface area (TPSA) is 80.7 Å². The molecule has 0 radical (unpaired) electrons. The fourth-order valence-corrected chi connectivity index (χ4v) is 5.03. The van der Waals surface area contributed by atoms with Crippen molar-refractivity contribution >= 4 is 25.6 Å². The van der Waals surface area contributed by atoms with Gasteiger partial charge in [-0.1, -0.05) is 25.7 Å². The lowest BCUT2D eigenvalue weighted by Gasteiger charge is -2.46. The van der Waals surface area contributed by atoms with Gasteiger partial charge in [-0.2, -0.15) is 0 Å². The van der Waals surface area contributed by atoms with E-state index < -0.39 is 25.8 Å². The molecule has 2 bridgehead atoms. The predicted molar refractivity (Wildman–Crippen MR) is 100.0 cm³/mol. The molecule has 1 aromatic rings. The van der Waals surface area contributed by atoms with Crippen molar-refractivity contribution < 1.29 is 24.2 Å². The van der Waals surface area contributed by atoms with E-state index in [-0.39, 0.29) is 35.6 Å². The summed E-state index contributed by atoms with van der Waals surface area (Å²) in [5.74, 6) is -2.83. The third-order valence-corrected chi connectivity index (χ3v) is 7.29. The van der Waals surface area contributed by atoms with Crippen LogP contribution in [0.2, 0.25) is 25.7 Å². The number of hydrogen-bond donors (Lipinski definition) is 1. The lowest BCUT2D eigenvalue weighted by Crippen LogP contribution is -2.49. The quantitative estimate of drug-likeness (QED) is 0.632. The van der Waals surface area contributed by atoms with Crippen LogP contribution in [0.1, 0.15) is 36.3 Å². The number of Topliss-reactive ketones (excluding diaryl/α,β-unsaturated/α-hetero) is 2. The number of carbonyl (C=O) groups is 3. The molecule has 1 fully saturated rings. The number of hydrogen-bond acceptors (Lipinski definition) is 5. The molecule has 3 aliphatic carbocycles. The van der Waals surface area contributed by atoms with Crippen molar-refractivity contribution in [3.05, 3.63) is 29.3 Å². The van der Waals surface area contributed by atoms with E-state index in [1.165, 1.54) is 6.92 Å². The Hall–Kier alpha value is -1.95. The Kier molecular flexibility index (Phi) is 4.81. The van der Waals surface area contributed by atoms with E-state index in [0.717, 1.165) is 11.6 Å². The van der Waals surface area contributed by atoms with E-state index in [0.29, 0.717) is 12.2 Å². The summed E-state index contributed by atoms with van der Waals surface area (Å²) in [5.41, 5.74) is 1.58. The van der Waals surface area contributed by atoms with Crippen LogP contribution in [0, 0.1) is 11.8 Å². The number of esters is 1. The molecule has 5 nitrogen and oxygen atoms in total. The number of benzene rings is 1. The van der Waals surface area contributed by atoms with Crippen molar-refractivity contribution in [2.75, 3.05) is 6.61 Å². The zero-order chi connectivity index (χ0) is 19.2. The van der Waals surface area contributed by atoms with E-state index in [2.05, 4.69) is 19.6 Å². The molecule has 0 heterocycles. The minimum absolute atomic E-state index is 0.0283. The van der Waals surface area contributed by atoms with Crippen molar-refractivity contribution in [3.63, 3.8) is 0 Å². The van der Waals surface area contributed by atoms with Crippen LogP contribution in [-0.4, -0.2) is 37.3 Å².